The van der Waals surface area contributed by atoms with Crippen molar-refractivity contribution < 1.29 is 23.5 Å². The lowest BCUT2D eigenvalue weighted by Gasteiger charge is -2.26. The summed E-state index contributed by atoms with van der Waals surface area (Å²) in [5.74, 6) is 0.622. The third-order valence-electron chi connectivity index (χ3n) is 8.80. The van der Waals surface area contributed by atoms with Crippen LogP contribution in [-0.2, 0) is 4.74 Å². The van der Waals surface area contributed by atoms with Gasteiger partial charge in [0.25, 0.3) is 11.8 Å². The molecule has 5 heterocycles. The van der Waals surface area contributed by atoms with Crippen molar-refractivity contribution in [2.75, 3.05) is 39.4 Å². The van der Waals surface area contributed by atoms with Gasteiger partial charge in [0.1, 0.15) is 6.10 Å². The molecule has 2 aromatic heterocycles. The number of carbonyl (C=O) groups is 2. The predicted octanol–water partition coefficient (Wildman–Crippen LogP) is 3.19. The number of rotatable bonds is 5. The molecule has 3 aliphatic heterocycles. The molecule has 7 rings (SSSR count). The fraction of sp³-hybridized carbons (Fsp3) is 0.517. The highest BCUT2D eigenvalue weighted by Crippen LogP contribution is 2.45. The Kier molecular flexibility index (Phi) is 5.77. The number of likely N-dealkylation sites (tertiary alicyclic amines) is 2. The number of hydrogen-bond donors (Lipinski definition) is 1. The maximum Gasteiger partial charge on any atom is 0.417 e. The van der Waals surface area contributed by atoms with Crippen LogP contribution in [0.2, 0.25) is 0 Å². The number of amides is 2. The number of hydrogen-bond acceptors (Lipinski definition) is 7. The van der Waals surface area contributed by atoms with Gasteiger partial charge in [-0.2, -0.15) is 0 Å². The third-order valence-corrected chi connectivity index (χ3v) is 8.80. The van der Waals surface area contributed by atoms with Crippen LogP contribution in [-0.4, -0.2) is 77.1 Å². The number of H-pyrrole nitrogens is 1. The second kappa shape index (κ2) is 9.22. The van der Waals surface area contributed by atoms with E-state index in [1.165, 1.54) is 0 Å². The Balaban J connectivity index is 1.04. The van der Waals surface area contributed by atoms with Crippen LogP contribution in [0.5, 0.6) is 5.88 Å². The molecule has 4 fully saturated rings. The van der Waals surface area contributed by atoms with Gasteiger partial charge in [0, 0.05) is 67.7 Å². The molecule has 3 aromatic rings. The lowest BCUT2D eigenvalue weighted by Crippen LogP contribution is -2.37. The van der Waals surface area contributed by atoms with Crippen LogP contribution in [0.3, 0.4) is 0 Å². The van der Waals surface area contributed by atoms with Crippen LogP contribution >= 0.6 is 0 Å². The van der Waals surface area contributed by atoms with Gasteiger partial charge < -0.3 is 23.7 Å². The maximum absolute atomic E-state index is 13.6. The fourth-order valence-electron chi connectivity index (χ4n) is 6.42. The van der Waals surface area contributed by atoms with Crippen LogP contribution in [0.1, 0.15) is 64.8 Å². The first-order chi connectivity index (χ1) is 18.9. The number of ether oxygens (including phenoxy) is 2. The standard InChI is InChI=1S/C29H32N4O6/c1-29-15-32(26(34)18-4-5-23-24(11-18)39-28(36)31-23)13-20(29)14-33(16-29)27(35)19-10-22(17-2-3-17)25(30-12-19)38-21-6-8-37-9-7-21/h4-5,10-12,17,20-21H,2-3,6-9,13-16H2,1H3,(H,31,36). The Hall–Kier alpha value is -3.66. The third kappa shape index (κ3) is 4.50. The molecule has 10 nitrogen and oxygen atoms in total. The van der Waals surface area contributed by atoms with Crippen molar-refractivity contribution in [3.63, 3.8) is 0 Å². The molecule has 204 valence electrons. The molecule has 10 heteroatoms. The maximum atomic E-state index is 13.6. The number of fused-ring (bicyclic) bond motifs is 2. The number of carbonyl (C=O) groups excluding carboxylic acids is 2. The summed E-state index contributed by atoms with van der Waals surface area (Å²) in [6.45, 7) is 5.91. The summed E-state index contributed by atoms with van der Waals surface area (Å²) in [7, 11) is 0. The first-order valence-corrected chi connectivity index (χ1v) is 13.8. The minimum absolute atomic E-state index is 0.0107. The Morgan fingerprint density at radius 3 is 2.44 bits per heavy atom. The molecule has 2 amide bonds. The first kappa shape index (κ1) is 24.4. The molecular weight excluding hydrogens is 500 g/mol. The monoisotopic (exact) mass is 532 g/mol. The van der Waals surface area contributed by atoms with Crippen LogP contribution in [0.15, 0.2) is 39.7 Å². The second-order valence-electron chi connectivity index (χ2n) is 11.8. The average molecular weight is 533 g/mol. The van der Waals surface area contributed by atoms with E-state index in [2.05, 4.69) is 16.9 Å². The van der Waals surface area contributed by atoms with E-state index in [4.69, 9.17) is 13.9 Å². The molecule has 2 atom stereocenters. The molecule has 0 radical (unpaired) electrons. The molecule has 4 aliphatic rings. The lowest BCUT2D eigenvalue weighted by molar-refractivity contribution is 0.0233. The Bertz CT molecular complexity index is 1500. The molecule has 0 spiro atoms. The Morgan fingerprint density at radius 1 is 1.03 bits per heavy atom. The van der Waals surface area contributed by atoms with Gasteiger partial charge in [-0.25, -0.2) is 9.78 Å². The van der Waals surface area contributed by atoms with E-state index >= 15 is 0 Å². The molecule has 1 N–H and O–H groups in total. The van der Waals surface area contributed by atoms with E-state index in [-0.39, 0.29) is 29.3 Å². The summed E-state index contributed by atoms with van der Waals surface area (Å²) in [6.07, 6.45) is 5.68. The average Bonchev–Trinajstić information content (AvgIpc) is 3.53. The summed E-state index contributed by atoms with van der Waals surface area (Å²) in [5.41, 5.74) is 2.90. The smallest absolute Gasteiger partial charge is 0.417 e. The number of aromatic amines is 1. The minimum atomic E-state index is -0.538. The highest BCUT2D eigenvalue weighted by atomic mass is 16.5. The van der Waals surface area contributed by atoms with Crippen molar-refractivity contribution in [3.05, 3.63) is 57.7 Å². The van der Waals surface area contributed by atoms with Crippen molar-refractivity contribution in [2.24, 2.45) is 11.3 Å². The Morgan fingerprint density at radius 2 is 1.74 bits per heavy atom. The molecule has 1 saturated carbocycles. The zero-order valence-corrected chi connectivity index (χ0v) is 22.0. The highest BCUT2D eigenvalue weighted by Gasteiger charge is 2.51. The normalized spacial score (nSPS) is 25.3. The van der Waals surface area contributed by atoms with E-state index < -0.39 is 5.76 Å². The zero-order valence-electron chi connectivity index (χ0n) is 22.0. The van der Waals surface area contributed by atoms with Gasteiger partial charge in [0.05, 0.1) is 24.3 Å². The van der Waals surface area contributed by atoms with Crippen molar-refractivity contribution in [1.29, 1.82) is 0 Å². The number of oxazole rings is 1. The van der Waals surface area contributed by atoms with Crippen LogP contribution < -0.4 is 10.5 Å². The van der Waals surface area contributed by atoms with E-state index in [1.54, 1.807) is 24.4 Å². The summed E-state index contributed by atoms with van der Waals surface area (Å²) >= 11 is 0. The van der Waals surface area contributed by atoms with Crippen molar-refractivity contribution in [3.8, 4) is 5.88 Å². The van der Waals surface area contributed by atoms with Gasteiger partial charge in [-0.15, -0.1) is 0 Å². The van der Waals surface area contributed by atoms with Gasteiger partial charge >= 0.3 is 5.76 Å². The molecule has 2 unspecified atom stereocenters. The fourth-order valence-corrected chi connectivity index (χ4v) is 6.42. The molecule has 3 saturated heterocycles. The molecule has 1 aromatic carbocycles. The minimum Gasteiger partial charge on any atom is -0.474 e. The molecule has 39 heavy (non-hydrogen) atoms. The largest absolute Gasteiger partial charge is 0.474 e. The number of aromatic nitrogens is 2. The van der Waals surface area contributed by atoms with E-state index in [9.17, 15) is 14.4 Å². The van der Waals surface area contributed by atoms with Gasteiger partial charge in [-0.3, -0.25) is 14.6 Å². The summed E-state index contributed by atoms with van der Waals surface area (Å²) in [5, 5.41) is 0. The van der Waals surface area contributed by atoms with Gasteiger partial charge in [-0.05, 0) is 43.0 Å². The van der Waals surface area contributed by atoms with Gasteiger partial charge in [0.2, 0.25) is 5.88 Å². The lowest BCUT2D eigenvalue weighted by atomic mass is 9.83. The summed E-state index contributed by atoms with van der Waals surface area (Å²) in [4.78, 5) is 49.3. The van der Waals surface area contributed by atoms with Crippen molar-refractivity contribution >= 4 is 22.9 Å². The van der Waals surface area contributed by atoms with Gasteiger partial charge in [-0.1, -0.05) is 6.92 Å². The topological polar surface area (TPSA) is 118 Å². The number of nitrogens with zero attached hydrogens (tertiary/aromatic N) is 3. The van der Waals surface area contributed by atoms with E-state index in [1.807, 2.05) is 15.9 Å². The van der Waals surface area contributed by atoms with Crippen LogP contribution in [0, 0.1) is 11.3 Å². The van der Waals surface area contributed by atoms with Gasteiger partial charge in [0.15, 0.2) is 5.58 Å². The number of benzene rings is 1. The number of pyridine rings is 1. The second-order valence-corrected chi connectivity index (χ2v) is 11.8. The highest BCUT2D eigenvalue weighted by molar-refractivity contribution is 5.97. The summed E-state index contributed by atoms with van der Waals surface area (Å²) < 4.78 is 16.8. The molecular formula is C29H32N4O6. The van der Waals surface area contributed by atoms with E-state index in [0.29, 0.717) is 73.4 Å². The van der Waals surface area contributed by atoms with Crippen LogP contribution in [0.25, 0.3) is 11.1 Å². The first-order valence-electron chi connectivity index (χ1n) is 13.8. The Labute approximate surface area is 225 Å². The number of nitrogens with one attached hydrogen (secondary N) is 1. The van der Waals surface area contributed by atoms with Crippen molar-refractivity contribution in [1.82, 2.24) is 19.8 Å². The predicted molar refractivity (Wildman–Crippen MR) is 141 cm³/mol. The molecule has 1 aliphatic carbocycles. The zero-order chi connectivity index (χ0) is 26.7. The summed E-state index contributed by atoms with van der Waals surface area (Å²) in [6, 6.07) is 7.00. The molecule has 0 bridgehead atoms. The SMILES string of the molecule is CC12CN(C(=O)c3cnc(OC4CCOCC4)c(C4CC4)c3)CC1CN(C(=O)c1ccc3[nH]c(=O)oc3c1)C2. The van der Waals surface area contributed by atoms with E-state index in [0.717, 1.165) is 31.2 Å². The van der Waals surface area contributed by atoms with Crippen LogP contribution in [0.4, 0.5) is 0 Å². The quantitative estimate of drug-likeness (QED) is 0.536. The van der Waals surface area contributed by atoms with Crippen molar-refractivity contribution in [2.45, 2.75) is 44.6 Å².